The lowest BCUT2D eigenvalue weighted by Gasteiger charge is -2.12. The van der Waals surface area contributed by atoms with Crippen molar-refractivity contribution in [3.8, 4) is 0 Å². The fourth-order valence-corrected chi connectivity index (χ4v) is 1.11. The molecule has 0 aliphatic carbocycles. The molecule has 72 valence electrons. The Labute approximate surface area is 76.1 Å². The van der Waals surface area contributed by atoms with Crippen molar-refractivity contribution in [2.24, 2.45) is 5.90 Å². The molecule has 0 aromatic rings. The minimum Gasteiger partial charge on any atom is -0.305 e. The van der Waals surface area contributed by atoms with Gasteiger partial charge in [-0.05, 0) is 12.8 Å². The van der Waals surface area contributed by atoms with Crippen molar-refractivity contribution in [3.63, 3.8) is 0 Å². The van der Waals surface area contributed by atoms with E-state index in [-0.39, 0.29) is 11.8 Å². The molecule has 5 nitrogen and oxygen atoms in total. The third-order valence-electron chi connectivity index (χ3n) is 1.79. The van der Waals surface area contributed by atoms with E-state index in [1.54, 1.807) is 0 Å². The molecule has 0 aromatic heterocycles. The highest BCUT2D eigenvalue weighted by Gasteiger charge is 2.21. The Bertz CT molecular complexity index is 220. The maximum Gasteiger partial charge on any atom is 0.253 e. The molecule has 1 aliphatic rings. The SMILES string of the molecule is NOCCCCN1C(=O)C=CC1=O. The van der Waals surface area contributed by atoms with Crippen molar-refractivity contribution < 1.29 is 14.4 Å². The summed E-state index contributed by atoms with van der Waals surface area (Å²) in [6.45, 7) is 0.887. The summed E-state index contributed by atoms with van der Waals surface area (Å²) in [5, 5.41) is 0. The molecular formula is C8H12N2O3. The number of rotatable bonds is 5. The highest BCUT2D eigenvalue weighted by Crippen LogP contribution is 2.04. The number of hydrogen-bond donors (Lipinski definition) is 1. The summed E-state index contributed by atoms with van der Waals surface area (Å²) in [5.41, 5.74) is 0. The Morgan fingerprint density at radius 1 is 1.23 bits per heavy atom. The molecule has 13 heavy (non-hydrogen) atoms. The molecule has 1 heterocycles. The van der Waals surface area contributed by atoms with Gasteiger partial charge in [0.05, 0.1) is 6.61 Å². The first-order valence-electron chi connectivity index (χ1n) is 4.11. The van der Waals surface area contributed by atoms with E-state index < -0.39 is 0 Å². The summed E-state index contributed by atoms with van der Waals surface area (Å²) in [5.74, 6) is 4.34. The summed E-state index contributed by atoms with van der Waals surface area (Å²) >= 11 is 0. The standard InChI is InChI=1S/C8H12N2O3/c9-13-6-2-1-5-10-7(11)3-4-8(10)12/h3-4H,1-2,5-6,9H2. The summed E-state index contributed by atoms with van der Waals surface area (Å²) < 4.78 is 0. The smallest absolute Gasteiger partial charge is 0.253 e. The van der Waals surface area contributed by atoms with Gasteiger partial charge in [-0.25, -0.2) is 5.90 Å². The molecule has 0 spiro atoms. The monoisotopic (exact) mass is 184 g/mol. The van der Waals surface area contributed by atoms with Crippen molar-refractivity contribution in [1.82, 2.24) is 4.90 Å². The molecule has 0 saturated carbocycles. The van der Waals surface area contributed by atoms with Gasteiger partial charge in [0.25, 0.3) is 11.8 Å². The molecule has 0 aromatic carbocycles. The van der Waals surface area contributed by atoms with E-state index in [1.165, 1.54) is 17.1 Å². The molecule has 0 unspecified atom stereocenters. The third kappa shape index (κ3) is 2.64. The number of hydrogen-bond acceptors (Lipinski definition) is 4. The predicted octanol–water partition coefficient (Wildman–Crippen LogP) is -0.418. The fraction of sp³-hybridized carbons (Fsp3) is 0.500. The molecule has 0 bridgehead atoms. The van der Waals surface area contributed by atoms with Gasteiger partial charge in [-0.2, -0.15) is 0 Å². The van der Waals surface area contributed by atoms with E-state index in [9.17, 15) is 9.59 Å². The van der Waals surface area contributed by atoms with E-state index in [2.05, 4.69) is 4.84 Å². The van der Waals surface area contributed by atoms with Crippen LogP contribution < -0.4 is 5.90 Å². The Hall–Kier alpha value is -1.20. The maximum absolute atomic E-state index is 11.0. The zero-order valence-corrected chi connectivity index (χ0v) is 7.23. The van der Waals surface area contributed by atoms with Gasteiger partial charge in [0, 0.05) is 18.7 Å². The summed E-state index contributed by atoms with van der Waals surface area (Å²) in [4.78, 5) is 27.6. The summed E-state index contributed by atoms with van der Waals surface area (Å²) in [6.07, 6.45) is 4.02. The summed E-state index contributed by atoms with van der Waals surface area (Å²) in [7, 11) is 0. The Morgan fingerprint density at radius 2 is 1.85 bits per heavy atom. The minimum absolute atomic E-state index is 0.237. The molecule has 0 radical (unpaired) electrons. The van der Waals surface area contributed by atoms with E-state index >= 15 is 0 Å². The molecule has 2 N–H and O–H groups in total. The number of nitrogens with zero attached hydrogens (tertiary/aromatic N) is 1. The molecule has 1 aliphatic heterocycles. The lowest BCUT2D eigenvalue weighted by Crippen LogP contribution is -2.31. The van der Waals surface area contributed by atoms with Crippen LogP contribution in [-0.4, -0.2) is 29.9 Å². The fourth-order valence-electron chi connectivity index (χ4n) is 1.11. The molecule has 0 saturated heterocycles. The number of imide groups is 1. The van der Waals surface area contributed by atoms with Crippen LogP contribution >= 0.6 is 0 Å². The van der Waals surface area contributed by atoms with Gasteiger partial charge in [0.2, 0.25) is 0 Å². The van der Waals surface area contributed by atoms with Gasteiger partial charge >= 0.3 is 0 Å². The lowest BCUT2D eigenvalue weighted by molar-refractivity contribution is -0.136. The van der Waals surface area contributed by atoms with Crippen LogP contribution in [0.1, 0.15) is 12.8 Å². The summed E-state index contributed by atoms with van der Waals surface area (Å²) in [6, 6.07) is 0. The Kier molecular flexibility index (Phi) is 3.60. The van der Waals surface area contributed by atoms with E-state index in [0.29, 0.717) is 13.2 Å². The van der Waals surface area contributed by atoms with Crippen LogP contribution in [0, 0.1) is 0 Å². The van der Waals surface area contributed by atoms with Crippen molar-refractivity contribution >= 4 is 11.8 Å². The number of amides is 2. The maximum atomic E-state index is 11.0. The third-order valence-corrected chi connectivity index (χ3v) is 1.79. The molecule has 5 heteroatoms. The second-order valence-electron chi connectivity index (χ2n) is 2.74. The number of unbranched alkanes of at least 4 members (excludes halogenated alkanes) is 1. The van der Waals surface area contributed by atoms with Crippen molar-refractivity contribution in [3.05, 3.63) is 12.2 Å². The number of carbonyl (C=O) groups excluding carboxylic acids is 2. The normalized spacial score (nSPS) is 15.9. The average molecular weight is 184 g/mol. The van der Waals surface area contributed by atoms with Gasteiger partial charge in [-0.15, -0.1) is 0 Å². The highest BCUT2D eigenvalue weighted by molar-refractivity contribution is 6.12. The lowest BCUT2D eigenvalue weighted by atomic mass is 10.3. The van der Waals surface area contributed by atoms with E-state index in [0.717, 1.165) is 12.8 Å². The zero-order chi connectivity index (χ0) is 9.68. The van der Waals surface area contributed by atoms with Crippen molar-refractivity contribution in [2.45, 2.75) is 12.8 Å². The number of nitrogens with two attached hydrogens (primary N) is 1. The van der Waals surface area contributed by atoms with Crippen LogP contribution in [0.4, 0.5) is 0 Å². The molecule has 0 atom stereocenters. The van der Waals surface area contributed by atoms with Gasteiger partial charge in [-0.3, -0.25) is 14.5 Å². The van der Waals surface area contributed by atoms with Crippen molar-refractivity contribution in [1.29, 1.82) is 0 Å². The average Bonchev–Trinajstić information content (AvgIpc) is 2.42. The largest absolute Gasteiger partial charge is 0.305 e. The number of carbonyl (C=O) groups is 2. The first-order valence-corrected chi connectivity index (χ1v) is 4.11. The zero-order valence-electron chi connectivity index (χ0n) is 7.23. The van der Waals surface area contributed by atoms with Crippen molar-refractivity contribution in [2.75, 3.05) is 13.2 Å². The molecule has 1 rings (SSSR count). The van der Waals surface area contributed by atoms with Gasteiger partial charge < -0.3 is 4.84 Å². The Balaban J connectivity index is 2.22. The molecule has 2 amide bonds. The van der Waals surface area contributed by atoms with Crippen LogP contribution in [0.2, 0.25) is 0 Å². The van der Waals surface area contributed by atoms with Crippen LogP contribution in [0.15, 0.2) is 12.2 Å². The van der Waals surface area contributed by atoms with Crippen LogP contribution in [0.5, 0.6) is 0 Å². The second-order valence-corrected chi connectivity index (χ2v) is 2.74. The minimum atomic E-state index is -0.237. The first-order chi connectivity index (χ1) is 6.25. The van der Waals surface area contributed by atoms with Crippen LogP contribution in [0.3, 0.4) is 0 Å². The van der Waals surface area contributed by atoms with Gasteiger partial charge in [0.1, 0.15) is 0 Å². The van der Waals surface area contributed by atoms with Gasteiger partial charge in [-0.1, -0.05) is 0 Å². The molecule has 0 fully saturated rings. The topological polar surface area (TPSA) is 72.6 Å². The second kappa shape index (κ2) is 4.74. The predicted molar refractivity (Wildman–Crippen MR) is 45.2 cm³/mol. The Morgan fingerprint density at radius 3 is 2.38 bits per heavy atom. The van der Waals surface area contributed by atoms with Crippen LogP contribution in [-0.2, 0) is 14.4 Å². The van der Waals surface area contributed by atoms with Gasteiger partial charge in [0.15, 0.2) is 0 Å². The highest BCUT2D eigenvalue weighted by atomic mass is 16.6. The van der Waals surface area contributed by atoms with E-state index in [4.69, 9.17) is 5.90 Å². The molecular weight excluding hydrogens is 172 g/mol. The quantitative estimate of drug-likeness (QED) is 0.358. The first kappa shape index (κ1) is 9.88. The van der Waals surface area contributed by atoms with Crippen LogP contribution in [0.25, 0.3) is 0 Å². The van der Waals surface area contributed by atoms with E-state index in [1.807, 2.05) is 0 Å².